The number of aromatic nitrogens is 2. The van der Waals surface area contributed by atoms with Gasteiger partial charge < -0.3 is 25.1 Å². The maximum atomic E-state index is 13.5. The van der Waals surface area contributed by atoms with Crippen molar-refractivity contribution in [2.45, 2.75) is 64.5 Å². The van der Waals surface area contributed by atoms with Gasteiger partial charge in [-0.15, -0.1) is 0 Å². The average molecular weight is 569 g/mol. The second-order valence-electron chi connectivity index (χ2n) is 10.6. The van der Waals surface area contributed by atoms with Crippen LogP contribution in [-0.2, 0) is 11.0 Å². The summed E-state index contributed by atoms with van der Waals surface area (Å²) in [6.07, 6.45) is 2.17. The summed E-state index contributed by atoms with van der Waals surface area (Å²) in [5.74, 6) is -0.324. The van der Waals surface area contributed by atoms with E-state index in [0.717, 1.165) is 11.4 Å². The molecule has 1 saturated heterocycles. The molecule has 3 N–H and O–H groups in total. The third kappa shape index (κ3) is 6.71. The van der Waals surface area contributed by atoms with Gasteiger partial charge in [0.2, 0.25) is 0 Å². The number of nitrogens with zero attached hydrogens (tertiary/aromatic N) is 3. The number of halogens is 2. The van der Waals surface area contributed by atoms with E-state index in [0.29, 0.717) is 25.3 Å². The number of rotatable bonds is 7. The first kappa shape index (κ1) is 27.3. The molecule has 192 valence electrons. The molecular weight excluding hydrogens is 533 g/mol. The van der Waals surface area contributed by atoms with Crippen LogP contribution in [0.25, 0.3) is 0 Å². The highest BCUT2D eigenvalue weighted by Crippen LogP contribution is 2.40. The Hall–Kier alpha value is -2.24. The quantitative estimate of drug-likeness (QED) is 0.301. The number of carboxylic acid groups (broad SMARTS) is 1. The summed E-state index contributed by atoms with van der Waals surface area (Å²) in [7, 11) is -2.11. The van der Waals surface area contributed by atoms with Crippen LogP contribution in [0, 0.1) is 11.7 Å². The summed E-state index contributed by atoms with van der Waals surface area (Å²) in [6, 6.07) is 4.52. The summed E-state index contributed by atoms with van der Waals surface area (Å²) in [5, 5.41) is 15.6. The fourth-order valence-corrected chi connectivity index (χ4v) is 5.79. The first-order valence-electron chi connectivity index (χ1n) is 11.7. The Balaban J connectivity index is 1.82. The number of pyridine rings is 2. The molecule has 0 saturated carbocycles. The first-order valence-corrected chi connectivity index (χ1v) is 15.4. The van der Waals surface area contributed by atoms with Crippen LogP contribution < -0.4 is 15.5 Å². The Kier molecular flexibility index (Phi) is 8.43. The third-order valence-electron chi connectivity index (χ3n) is 6.89. The molecule has 1 aliphatic rings. The number of carbonyl (C=O) groups is 1. The molecule has 35 heavy (non-hydrogen) atoms. The number of amides is 1. The molecule has 1 aliphatic heterocycles. The van der Waals surface area contributed by atoms with E-state index in [1.165, 1.54) is 6.07 Å². The van der Waals surface area contributed by atoms with Crippen molar-refractivity contribution in [3.63, 3.8) is 0 Å². The van der Waals surface area contributed by atoms with Crippen LogP contribution in [0.3, 0.4) is 0 Å². The fourth-order valence-electron chi connectivity index (χ4n) is 4.00. The minimum atomic E-state index is -2.11. The molecule has 2 aromatic heterocycles. The monoisotopic (exact) mass is 567 g/mol. The molecule has 0 aromatic carbocycles. The SMILES string of the molecule is C[C@H]1CN(c2ccncc2NCc2ccc(F)c(Br)n2)CC(NC(=O)O)C1O[Si](C)(C)C(C)(C)C. The highest BCUT2D eigenvalue weighted by molar-refractivity contribution is 9.10. The van der Waals surface area contributed by atoms with E-state index >= 15 is 0 Å². The van der Waals surface area contributed by atoms with Gasteiger partial charge in [0.05, 0.1) is 42.0 Å². The topological polar surface area (TPSA) is 99.6 Å². The molecule has 2 aromatic rings. The van der Waals surface area contributed by atoms with Gasteiger partial charge in [0.1, 0.15) is 4.60 Å². The van der Waals surface area contributed by atoms with Crippen LogP contribution in [0.2, 0.25) is 18.1 Å². The predicted octanol–water partition coefficient (Wildman–Crippen LogP) is 5.47. The maximum Gasteiger partial charge on any atom is 0.405 e. The fraction of sp³-hybridized carbons (Fsp3) is 0.542. The molecule has 0 aliphatic carbocycles. The molecule has 0 radical (unpaired) electrons. The molecule has 2 unspecified atom stereocenters. The van der Waals surface area contributed by atoms with Gasteiger partial charge in [0, 0.05) is 25.2 Å². The molecule has 3 heterocycles. The van der Waals surface area contributed by atoms with Crippen molar-refractivity contribution < 1.29 is 18.7 Å². The number of anilines is 2. The standard InChI is InChI=1S/C24H35BrFN5O3Si/c1-15-13-31(14-19(30-23(32)33)21(15)34-35(5,6)24(2,3)4)20-9-10-27-12-18(20)28-11-16-7-8-17(26)22(25)29-16/h7-10,12,15,19,21,28,30H,11,13-14H2,1-6H3,(H,32,33)/t15-,19?,21?/m0/s1. The minimum absolute atomic E-state index is 0.0171. The smallest absolute Gasteiger partial charge is 0.405 e. The molecule has 0 bridgehead atoms. The number of hydrogen-bond acceptors (Lipinski definition) is 6. The molecular formula is C24H35BrFN5O3Si. The van der Waals surface area contributed by atoms with Crippen molar-refractivity contribution in [2.24, 2.45) is 5.92 Å². The molecule has 11 heteroatoms. The third-order valence-corrected chi connectivity index (χ3v) is 11.9. The van der Waals surface area contributed by atoms with Gasteiger partial charge in [-0.3, -0.25) is 4.98 Å². The van der Waals surface area contributed by atoms with E-state index in [4.69, 9.17) is 4.43 Å². The first-order chi connectivity index (χ1) is 16.3. The van der Waals surface area contributed by atoms with Crippen molar-refractivity contribution in [2.75, 3.05) is 23.3 Å². The molecule has 1 amide bonds. The lowest BCUT2D eigenvalue weighted by Crippen LogP contribution is -2.62. The lowest BCUT2D eigenvalue weighted by Gasteiger charge is -2.48. The van der Waals surface area contributed by atoms with Gasteiger partial charge in [-0.25, -0.2) is 14.2 Å². The lowest BCUT2D eigenvalue weighted by molar-refractivity contribution is 0.0722. The molecule has 3 rings (SSSR count). The van der Waals surface area contributed by atoms with Crippen molar-refractivity contribution in [3.05, 3.63) is 46.7 Å². The largest absolute Gasteiger partial charge is 0.465 e. The van der Waals surface area contributed by atoms with Crippen LogP contribution in [-0.4, -0.2) is 54.7 Å². The van der Waals surface area contributed by atoms with E-state index in [1.807, 2.05) is 6.07 Å². The van der Waals surface area contributed by atoms with Gasteiger partial charge in [0.15, 0.2) is 14.1 Å². The summed E-state index contributed by atoms with van der Waals surface area (Å²) in [6.45, 7) is 14.6. The van der Waals surface area contributed by atoms with E-state index in [1.54, 1.807) is 18.5 Å². The van der Waals surface area contributed by atoms with Crippen LogP contribution >= 0.6 is 15.9 Å². The zero-order chi connectivity index (χ0) is 26.0. The zero-order valence-electron chi connectivity index (χ0n) is 21.1. The van der Waals surface area contributed by atoms with Crippen molar-refractivity contribution in [1.29, 1.82) is 0 Å². The van der Waals surface area contributed by atoms with Crippen LogP contribution in [0.4, 0.5) is 20.6 Å². The van der Waals surface area contributed by atoms with Crippen molar-refractivity contribution in [1.82, 2.24) is 15.3 Å². The molecule has 1 fully saturated rings. The number of hydrogen-bond donors (Lipinski definition) is 3. The van der Waals surface area contributed by atoms with Gasteiger partial charge in [-0.1, -0.05) is 27.7 Å². The Morgan fingerprint density at radius 1 is 1.31 bits per heavy atom. The van der Waals surface area contributed by atoms with Gasteiger partial charge in [-0.05, 0) is 52.3 Å². The normalized spacial score (nSPS) is 21.0. The second kappa shape index (κ2) is 10.8. The molecule has 8 nitrogen and oxygen atoms in total. The molecule has 0 spiro atoms. The molecule has 3 atom stereocenters. The Bertz CT molecular complexity index is 1050. The Morgan fingerprint density at radius 3 is 2.66 bits per heavy atom. The summed E-state index contributed by atoms with van der Waals surface area (Å²) in [4.78, 5) is 22.3. The van der Waals surface area contributed by atoms with E-state index in [-0.39, 0.29) is 27.7 Å². The van der Waals surface area contributed by atoms with E-state index in [9.17, 15) is 14.3 Å². The minimum Gasteiger partial charge on any atom is -0.465 e. The van der Waals surface area contributed by atoms with E-state index < -0.39 is 20.2 Å². The van der Waals surface area contributed by atoms with E-state index in [2.05, 4.69) is 82.2 Å². The predicted molar refractivity (Wildman–Crippen MR) is 142 cm³/mol. The Morgan fingerprint density at radius 2 is 2.03 bits per heavy atom. The Labute approximate surface area is 215 Å². The maximum absolute atomic E-state index is 13.5. The van der Waals surface area contributed by atoms with Crippen molar-refractivity contribution >= 4 is 41.7 Å². The van der Waals surface area contributed by atoms with Crippen LogP contribution in [0.15, 0.2) is 35.2 Å². The van der Waals surface area contributed by atoms with Gasteiger partial charge in [-0.2, -0.15) is 0 Å². The van der Waals surface area contributed by atoms with Gasteiger partial charge in [0.25, 0.3) is 0 Å². The van der Waals surface area contributed by atoms with Crippen LogP contribution in [0.1, 0.15) is 33.4 Å². The van der Waals surface area contributed by atoms with Crippen LogP contribution in [0.5, 0.6) is 0 Å². The summed E-state index contributed by atoms with van der Waals surface area (Å²) in [5.41, 5.74) is 2.38. The second-order valence-corrected chi connectivity index (χ2v) is 16.1. The highest BCUT2D eigenvalue weighted by atomic mass is 79.9. The van der Waals surface area contributed by atoms with Gasteiger partial charge >= 0.3 is 6.09 Å². The van der Waals surface area contributed by atoms with Crippen molar-refractivity contribution in [3.8, 4) is 0 Å². The lowest BCUT2D eigenvalue weighted by atomic mass is 9.92. The number of nitrogens with one attached hydrogen (secondary N) is 2. The summed E-state index contributed by atoms with van der Waals surface area (Å²) < 4.78 is 20.4. The summed E-state index contributed by atoms with van der Waals surface area (Å²) >= 11 is 3.12. The zero-order valence-corrected chi connectivity index (χ0v) is 23.7. The average Bonchev–Trinajstić information content (AvgIpc) is 2.76. The number of piperidine rings is 1. The highest BCUT2D eigenvalue weighted by Gasteiger charge is 2.45.